The zero-order valence-corrected chi connectivity index (χ0v) is 13.3. The second-order valence-electron chi connectivity index (χ2n) is 6.17. The number of nitrogens with one attached hydrogen (secondary N) is 1. The van der Waals surface area contributed by atoms with Crippen LogP contribution in [0.4, 0.5) is 0 Å². The predicted molar refractivity (Wildman–Crippen MR) is 89.3 cm³/mol. The number of rotatable bonds is 2. The number of carbonyl (C=O) groups is 1. The molecular formula is C18H20N2OS. The van der Waals surface area contributed by atoms with Crippen molar-refractivity contribution in [2.75, 3.05) is 13.1 Å². The Labute approximate surface area is 135 Å². The van der Waals surface area contributed by atoms with Gasteiger partial charge >= 0.3 is 0 Å². The number of nitrogens with zero attached hydrogens (tertiary/aromatic N) is 1. The van der Waals surface area contributed by atoms with Gasteiger partial charge in [-0.25, -0.2) is 0 Å². The summed E-state index contributed by atoms with van der Waals surface area (Å²) in [5.41, 5.74) is 2.27. The van der Waals surface area contributed by atoms with E-state index in [1.54, 1.807) is 0 Å². The second-order valence-corrected chi connectivity index (χ2v) is 7.12. The molecule has 1 unspecified atom stereocenters. The monoisotopic (exact) mass is 312 g/mol. The highest BCUT2D eigenvalue weighted by atomic mass is 32.1. The predicted octanol–water partition coefficient (Wildman–Crippen LogP) is 3.24. The molecule has 3 nitrogen and oxygen atoms in total. The number of amides is 1. The van der Waals surface area contributed by atoms with Crippen LogP contribution < -0.4 is 5.32 Å². The molecule has 2 aliphatic heterocycles. The smallest absolute Gasteiger partial charge is 0.251 e. The van der Waals surface area contributed by atoms with Gasteiger partial charge in [0.1, 0.15) is 0 Å². The number of benzene rings is 1. The minimum Gasteiger partial charge on any atom is -0.349 e. The fourth-order valence-electron chi connectivity index (χ4n) is 3.65. The molecule has 1 amide bonds. The van der Waals surface area contributed by atoms with Gasteiger partial charge in [0.2, 0.25) is 0 Å². The third-order valence-electron chi connectivity index (χ3n) is 4.84. The summed E-state index contributed by atoms with van der Waals surface area (Å²) in [5, 5.41) is 5.44. The molecule has 1 aromatic heterocycles. The molecular weight excluding hydrogens is 292 g/mol. The number of piperidine rings is 1. The van der Waals surface area contributed by atoms with Gasteiger partial charge in [0, 0.05) is 35.6 Å². The van der Waals surface area contributed by atoms with Gasteiger partial charge in [-0.05, 0) is 48.4 Å². The van der Waals surface area contributed by atoms with Crippen molar-refractivity contribution in [3.8, 4) is 0 Å². The van der Waals surface area contributed by atoms with Crippen molar-refractivity contribution < 1.29 is 4.79 Å². The maximum Gasteiger partial charge on any atom is 0.251 e. The second kappa shape index (κ2) is 5.86. The Hall–Kier alpha value is -1.65. The summed E-state index contributed by atoms with van der Waals surface area (Å²) in [4.78, 5) is 16.5. The van der Waals surface area contributed by atoms with Gasteiger partial charge in [0.05, 0.1) is 0 Å². The third-order valence-corrected chi connectivity index (χ3v) is 5.90. The lowest BCUT2D eigenvalue weighted by Gasteiger charge is -2.42. The quantitative estimate of drug-likeness (QED) is 0.923. The molecule has 22 heavy (non-hydrogen) atoms. The lowest BCUT2D eigenvalue weighted by atomic mass is 9.90. The summed E-state index contributed by atoms with van der Waals surface area (Å²) in [6.45, 7) is 2.25. The van der Waals surface area contributed by atoms with Crippen LogP contribution >= 0.6 is 11.3 Å². The molecule has 1 aromatic carbocycles. The molecule has 1 fully saturated rings. The topological polar surface area (TPSA) is 32.3 Å². The van der Waals surface area contributed by atoms with E-state index in [-0.39, 0.29) is 11.9 Å². The van der Waals surface area contributed by atoms with Gasteiger partial charge in [-0.2, -0.15) is 0 Å². The van der Waals surface area contributed by atoms with Crippen molar-refractivity contribution in [1.82, 2.24) is 10.2 Å². The first-order valence-corrected chi connectivity index (χ1v) is 8.85. The minimum atomic E-state index is 0.0567. The fourth-order valence-corrected chi connectivity index (χ4v) is 4.76. The molecule has 2 aliphatic rings. The largest absolute Gasteiger partial charge is 0.349 e. The highest BCUT2D eigenvalue weighted by Crippen LogP contribution is 2.39. The molecule has 0 radical (unpaired) electrons. The van der Waals surface area contributed by atoms with Crippen LogP contribution in [0.2, 0.25) is 0 Å². The molecule has 0 spiro atoms. The molecule has 0 bridgehead atoms. The van der Waals surface area contributed by atoms with Crippen molar-refractivity contribution in [1.29, 1.82) is 0 Å². The number of hydrogen-bond donors (Lipinski definition) is 1. The Bertz CT molecular complexity index is 667. The molecule has 0 saturated carbocycles. The van der Waals surface area contributed by atoms with E-state index in [0.717, 1.165) is 31.5 Å². The zero-order valence-electron chi connectivity index (χ0n) is 12.5. The Balaban J connectivity index is 1.47. The van der Waals surface area contributed by atoms with Crippen LogP contribution in [0.1, 0.15) is 39.7 Å². The average molecular weight is 312 g/mol. The first-order valence-electron chi connectivity index (χ1n) is 7.97. The molecule has 1 N–H and O–H groups in total. The van der Waals surface area contributed by atoms with Gasteiger partial charge in [0.25, 0.3) is 5.91 Å². The molecule has 4 heteroatoms. The molecule has 2 aromatic rings. The number of fused-ring (bicyclic) bond motifs is 3. The van der Waals surface area contributed by atoms with Gasteiger partial charge in [-0.15, -0.1) is 11.3 Å². The molecule has 3 heterocycles. The fraction of sp³-hybridized carbons (Fsp3) is 0.389. The highest BCUT2D eigenvalue weighted by molar-refractivity contribution is 7.10. The van der Waals surface area contributed by atoms with Gasteiger partial charge in [-0.3, -0.25) is 9.69 Å². The number of thiophene rings is 1. The van der Waals surface area contributed by atoms with Crippen molar-refractivity contribution >= 4 is 17.2 Å². The zero-order chi connectivity index (χ0) is 14.9. The van der Waals surface area contributed by atoms with E-state index in [0.29, 0.717) is 6.04 Å². The number of carbonyl (C=O) groups excluding carboxylic acids is 1. The molecule has 4 rings (SSSR count). The Kier molecular flexibility index (Phi) is 3.72. The minimum absolute atomic E-state index is 0.0567. The summed E-state index contributed by atoms with van der Waals surface area (Å²) in [5.74, 6) is 0.0567. The van der Waals surface area contributed by atoms with E-state index >= 15 is 0 Å². The van der Waals surface area contributed by atoms with Crippen LogP contribution in [0, 0.1) is 0 Å². The van der Waals surface area contributed by atoms with Gasteiger partial charge in [0.15, 0.2) is 0 Å². The van der Waals surface area contributed by atoms with Crippen LogP contribution in [0.25, 0.3) is 0 Å². The molecule has 114 valence electrons. The Morgan fingerprint density at radius 1 is 1.18 bits per heavy atom. The van der Waals surface area contributed by atoms with Crippen molar-refractivity contribution in [2.24, 2.45) is 0 Å². The van der Waals surface area contributed by atoms with E-state index in [9.17, 15) is 4.79 Å². The first-order chi connectivity index (χ1) is 10.8. The Morgan fingerprint density at radius 3 is 2.91 bits per heavy atom. The van der Waals surface area contributed by atoms with Crippen LogP contribution in [0.5, 0.6) is 0 Å². The Morgan fingerprint density at radius 2 is 2.05 bits per heavy atom. The maximum atomic E-state index is 12.3. The van der Waals surface area contributed by atoms with Gasteiger partial charge < -0.3 is 5.32 Å². The summed E-state index contributed by atoms with van der Waals surface area (Å²) in [6.07, 6.45) is 3.26. The summed E-state index contributed by atoms with van der Waals surface area (Å²) in [6, 6.07) is 12.6. The molecule has 1 saturated heterocycles. The standard InChI is InChI=1S/C18H20N2OS/c21-18(14-4-2-1-3-5-14)19-15-7-10-20-9-6-13-8-11-22-17(13)16(20)12-15/h1-5,8,11,15-16H,6-7,9-10,12H2,(H,19,21)/t15-,16?/m0/s1. The maximum absolute atomic E-state index is 12.3. The number of hydrogen-bond acceptors (Lipinski definition) is 3. The highest BCUT2D eigenvalue weighted by Gasteiger charge is 2.34. The lowest BCUT2D eigenvalue weighted by molar-refractivity contribution is 0.0850. The summed E-state index contributed by atoms with van der Waals surface area (Å²) >= 11 is 1.87. The normalized spacial score (nSPS) is 24.4. The SMILES string of the molecule is O=C(N[C@H]1CCN2CCc3ccsc3C2C1)c1ccccc1. The van der Waals surface area contributed by atoms with E-state index in [2.05, 4.69) is 21.7 Å². The van der Waals surface area contributed by atoms with Crippen LogP contribution in [0.3, 0.4) is 0 Å². The third kappa shape index (κ3) is 2.57. The van der Waals surface area contributed by atoms with Crippen LogP contribution in [-0.2, 0) is 6.42 Å². The van der Waals surface area contributed by atoms with E-state index in [1.807, 2.05) is 41.7 Å². The van der Waals surface area contributed by atoms with Crippen molar-refractivity contribution in [3.05, 3.63) is 57.8 Å². The van der Waals surface area contributed by atoms with Crippen molar-refractivity contribution in [3.63, 3.8) is 0 Å². The van der Waals surface area contributed by atoms with E-state index in [1.165, 1.54) is 16.9 Å². The summed E-state index contributed by atoms with van der Waals surface area (Å²) in [7, 11) is 0. The molecule has 0 aliphatic carbocycles. The first kappa shape index (κ1) is 14.0. The molecule has 2 atom stereocenters. The summed E-state index contributed by atoms with van der Waals surface area (Å²) < 4.78 is 0. The average Bonchev–Trinajstić information content (AvgIpc) is 3.05. The lowest BCUT2D eigenvalue weighted by Crippen LogP contribution is -2.48. The van der Waals surface area contributed by atoms with Crippen LogP contribution in [-0.4, -0.2) is 29.9 Å². The van der Waals surface area contributed by atoms with E-state index in [4.69, 9.17) is 0 Å². The van der Waals surface area contributed by atoms with Gasteiger partial charge in [-0.1, -0.05) is 18.2 Å². The van der Waals surface area contributed by atoms with Crippen molar-refractivity contribution in [2.45, 2.75) is 31.3 Å². The van der Waals surface area contributed by atoms with E-state index < -0.39 is 0 Å². The van der Waals surface area contributed by atoms with Crippen LogP contribution in [0.15, 0.2) is 41.8 Å².